The van der Waals surface area contributed by atoms with Crippen LogP contribution in [0.5, 0.6) is 0 Å². The molecule has 0 aromatic carbocycles. The number of hydrogen-bond donors (Lipinski definition) is 0. The maximum atomic E-state index is 11.3. The first-order chi connectivity index (χ1) is 6.06. The summed E-state index contributed by atoms with van der Waals surface area (Å²) in [6.45, 7) is 0. The van der Waals surface area contributed by atoms with E-state index in [-0.39, 0.29) is 16.8 Å². The van der Waals surface area contributed by atoms with Gasteiger partial charge in [-0.3, -0.25) is 0 Å². The maximum Gasteiger partial charge on any atom is 0.247 e. The summed E-state index contributed by atoms with van der Waals surface area (Å²) in [7, 11) is -3.38. The molecule has 0 amide bonds. The molecule has 0 saturated carbocycles. The van der Waals surface area contributed by atoms with Gasteiger partial charge < -0.3 is 0 Å². The van der Waals surface area contributed by atoms with Crippen LogP contribution in [-0.2, 0) is 9.84 Å². The van der Waals surface area contributed by atoms with Crippen LogP contribution >= 0.6 is 34.2 Å². The topological polar surface area (TPSA) is 59.9 Å². The molecule has 0 fully saturated rings. The van der Waals surface area contributed by atoms with Gasteiger partial charge in [-0.15, -0.1) is 11.6 Å². The lowest BCUT2D eigenvalue weighted by Gasteiger charge is -1.98. The summed E-state index contributed by atoms with van der Waals surface area (Å²) in [5, 5.41) is -0.159. The number of aromatic nitrogens is 2. The van der Waals surface area contributed by atoms with Gasteiger partial charge in [-0.2, -0.15) is 0 Å². The molecular weight excluding hydrogens is 327 g/mol. The van der Waals surface area contributed by atoms with Crippen LogP contribution in [-0.4, -0.2) is 30.0 Å². The van der Waals surface area contributed by atoms with Gasteiger partial charge in [0.1, 0.15) is 0 Å². The molecule has 1 rings (SSSR count). The monoisotopic (exact) mass is 332 g/mol. The number of nitrogens with zero attached hydrogens (tertiary/aromatic N) is 2. The van der Waals surface area contributed by atoms with Gasteiger partial charge in [0.2, 0.25) is 15.0 Å². The Morgan fingerprint density at radius 1 is 1.38 bits per heavy atom. The first-order valence-corrected chi connectivity index (χ1v) is 6.59. The summed E-state index contributed by atoms with van der Waals surface area (Å²) in [6.07, 6.45) is 2.91. The zero-order valence-corrected chi connectivity index (χ0v) is 10.2. The predicted octanol–water partition coefficient (Wildman–Crippen LogP) is 1.09. The van der Waals surface area contributed by atoms with Crippen LogP contribution in [0.25, 0.3) is 0 Å². The van der Waals surface area contributed by atoms with Crippen molar-refractivity contribution in [2.75, 3.05) is 11.6 Å². The van der Waals surface area contributed by atoms with Gasteiger partial charge in [-0.05, 0) is 22.6 Å². The Bertz CT molecular complexity index is 378. The Labute approximate surface area is 94.8 Å². The molecule has 72 valence electrons. The van der Waals surface area contributed by atoms with Crippen molar-refractivity contribution in [1.82, 2.24) is 9.97 Å². The third-order valence-corrected chi connectivity index (χ3v) is 3.70. The molecule has 13 heavy (non-hydrogen) atoms. The van der Waals surface area contributed by atoms with E-state index in [9.17, 15) is 8.42 Å². The molecule has 1 aromatic heterocycles. The Balaban J connectivity index is 3.02. The van der Waals surface area contributed by atoms with Gasteiger partial charge in [0.05, 0.1) is 5.75 Å². The fraction of sp³-hybridized carbons (Fsp3) is 0.333. The Hall–Kier alpha value is 0.0500. The molecule has 1 heterocycles. The number of hydrogen-bond acceptors (Lipinski definition) is 4. The van der Waals surface area contributed by atoms with E-state index in [1.54, 1.807) is 0 Å². The molecular formula is C6H6ClIN2O2S. The highest BCUT2D eigenvalue weighted by atomic mass is 127. The molecule has 0 N–H and O–H groups in total. The highest BCUT2D eigenvalue weighted by Gasteiger charge is 2.16. The average molecular weight is 333 g/mol. The second kappa shape index (κ2) is 4.52. The minimum Gasteiger partial charge on any atom is -0.226 e. The van der Waals surface area contributed by atoms with Crippen LogP contribution in [0.15, 0.2) is 17.6 Å². The zero-order chi connectivity index (χ0) is 9.90. The van der Waals surface area contributed by atoms with E-state index in [1.807, 2.05) is 22.6 Å². The van der Waals surface area contributed by atoms with Gasteiger partial charge in [0.25, 0.3) is 0 Å². The lowest BCUT2D eigenvalue weighted by molar-refractivity contribution is 0.588. The van der Waals surface area contributed by atoms with E-state index in [0.717, 1.165) is 3.57 Å². The van der Waals surface area contributed by atoms with Crippen LogP contribution in [0.2, 0.25) is 0 Å². The highest BCUT2D eigenvalue weighted by molar-refractivity contribution is 14.1. The second-order valence-corrected chi connectivity index (χ2v) is 5.82. The highest BCUT2D eigenvalue weighted by Crippen LogP contribution is 2.06. The van der Waals surface area contributed by atoms with E-state index >= 15 is 0 Å². The lowest BCUT2D eigenvalue weighted by atomic mass is 10.7. The van der Waals surface area contributed by atoms with E-state index in [0.29, 0.717) is 0 Å². The van der Waals surface area contributed by atoms with Crippen molar-refractivity contribution < 1.29 is 8.42 Å². The van der Waals surface area contributed by atoms with Gasteiger partial charge in [0.15, 0.2) is 0 Å². The summed E-state index contributed by atoms with van der Waals surface area (Å²) in [5.74, 6) is -0.0766. The number of alkyl halides is 1. The molecule has 0 bridgehead atoms. The molecule has 0 saturated heterocycles. The normalized spacial score (nSPS) is 11.5. The zero-order valence-electron chi connectivity index (χ0n) is 6.44. The van der Waals surface area contributed by atoms with Crippen LogP contribution in [0.3, 0.4) is 0 Å². The van der Waals surface area contributed by atoms with Crippen molar-refractivity contribution in [3.63, 3.8) is 0 Å². The van der Waals surface area contributed by atoms with Gasteiger partial charge in [0, 0.05) is 21.8 Å². The van der Waals surface area contributed by atoms with Crippen molar-refractivity contribution >= 4 is 44.0 Å². The van der Waals surface area contributed by atoms with Crippen molar-refractivity contribution in [2.45, 2.75) is 5.16 Å². The Morgan fingerprint density at radius 2 is 1.92 bits per heavy atom. The van der Waals surface area contributed by atoms with E-state index < -0.39 is 9.84 Å². The maximum absolute atomic E-state index is 11.3. The van der Waals surface area contributed by atoms with Gasteiger partial charge >= 0.3 is 0 Å². The van der Waals surface area contributed by atoms with Crippen LogP contribution in [0.1, 0.15) is 0 Å². The smallest absolute Gasteiger partial charge is 0.226 e. The molecule has 0 aliphatic carbocycles. The molecule has 0 aliphatic rings. The third-order valence-electron chi connectivity index (χ3n) is 1.22. The van der Waals surface area contributed by atoms with Gasteiger partial charge in [-0.25, -0.2) is 18.4 Å². The fourth-order valence-electron chi connectivity index (χ4n) is 0.654. The summed E-state index contributed by atoms with van der Waals surface area (Å²) in [6, 6.07) is 0. The number of sulfone groups is 1. The first-order valence-electron chi connectivity index (χ1n) is 3.32. The molecule has 0 aliphatic heterocycles. The van der Waals surface area contributed by atoms with Crippen molar-refractivity contribution in [2.24, 2.45) is 0 Å². The molecule has 4 nitrogen and oxygen atoms in total. The minimum absolute atomic E-state index is 0.0533. The number of halogens is 2. The SMILES string of the molecule is O=S(=O)(CCCl)c1ncc(I)cn1. The van der Waals surface area contributed by atoms with E-state index in [1.165, 1.54) is 12.4 Å². The molecule has 0 unspecified atom stereocenters. The molecule has 1 aromatic rings. The van der Waals surface area contributed by atoms with Crippen LogP contribution in [0, 0.1) is 3.57 Å². The minimum atomic E-state index is -3.38. The molecule has 0 radical (unpaired) electrons. The first kappa shape index (κ1) is 11.1. The summed E-state index contributed by atoms with van der Waals surface area (Å²) in [4.78, 5) is 7.41. The van der Waals surface area contributed by atoms with Crippen LogP contribution in [0.4, 0.5) is 0 Å². The summed E-state index contributed by atoms with van der Waals surface area (Å²) < 4.78 is 23.5. The Kier molecular flexibility index (Phi) is 3.87. The molecule has 0 spiro atoms. The molecule has 7 heteroatoms. The summed E-state index contributed by atoms with van der Waals surface area (Å²) in [5.41, 5.74) is 0. The Morgan fingerprint density at radius 3 is 2.38 bits per heavy atom. The second-order valence-electron chi connectivity index (χ2n) is 2.19. The van der Waals surface area contributed by atoms with Crippen LogP contribution < -0.4 is 0 Å². The predicted molar refractivity (Wildman–Crippen MR) is 57.5 cm³/mol. The number of rotatable bonds is 3. The van der Waals surface area contributed by atoms with E-state index in [4.69, 9.17) is 11.6 Å². The largest absolute Gasteiger partial charge is 0.247 e. The van der Waals surface area contributed by atoms with Gasteiger partial charge in [-0.1, -0.05) is 0 Å². The third kappa shape index (κ3) is 3.03. The summed E-state index contributed by atoms with van der Waals surface area (Å²) >= 11 is 7.33. The standard InChI is InChI=1S/C6H6ClIN2O2S/c7-1-2-13(11,12)6-9-3-5(8)4-10-6/h3-4H,1-2H2. The lowest BCUT2D eigenvalue weighted by Crippen LogP contribution is -2.11. The quantitative estimate of drug-likeness (QED) is 0.472. The fourth-order valence-corrected chi connectivity index (χ4v) is 2.35. The van der Waals surface area contributed by atoms with Crippen molar-refractivity contribution in [3.05, 3.63) is 16.0 Å². The molecule has 0 atom stereocenters. The van der Waals surface area contributed by atoms with Crippen molar-refractivity contribution in [1.29, 1.82) is 0 Å². The van der Waals surface area contributed by atoms with Crippen molar-refractivity contribution in [3.8, 4) is 0 Å². The average Bonchev–Trinajstić information content (AvgIpc) is 2.05. The van der Waals surface area contributed by atoms with E-state index in [2.05, 4.69) is 9.97 Å².